The Bertz CT molecular complexity index is 2220. The molecular weight excluding hydrogens is 766 g/mol. The van der Waals surface area contributed by atoms with Gasteiger partial charge in [0.25, 0.3) is 10.0 Å². The molecule has 3 aromatic carbocycles. The third kappa shape index (κ3) is 11.7. The molecule has 2 N–H and O–H groups in total. The number of hydrogen-bond acceptors (Lipinski definition) is 13. The first-order valence-corrected chi connectivity index (χ1v) is 18.6. The smallest absolute Gasteiger partial charge is 0.416 e. The Morgan fingerprint density at radius 3 is 2.35 bits per heavy atom. The molecule has 0 radical (unpaired) electrons. The van der Waals surface area contributed by atoms with Crippen molar-refractivity contribution in [3.63, 3.8) is 0 Å². The summed E-state index contributed by atoms with van der Waals surface area (Å²) in [5, 5.41) is 12.6. The van der Waals surface area contributed by atoms with Crippen molar-refractivity contribution in [2.75, 3.05) is 51.5 Å². The summed E-state index contributed by atoms with van der Waals surface area (Å²) in [6.45, 7) is 1.73. The van der Waals surface area contributed by atoms with E-state index in [1.807, 2.05) is 6.07 Å². The lowest BCUT2D eigenvalue weighted by Crippen LogP contribution is -2.25. The predicted octanol–water partition coefficient (Wildman–Crippen LogP) is 6.66. The van der Waals surface area contributed by atoms with Crippen LogP contribution in [0.1, 0.15) is 16.8 Å². The van der Waals surface area contributed by atoms with Gasteiger partial charge in [0.15, 0.2) is 0 Å². The van der Waals surface area contributed by atoms with Gasteiger partial charge in [-0.15, -0.1) is 0 Å². The zero-order valence-corrected chi connectivity index (χ0v) is 30.7. The Balaban J connectivity index is 1.36. The first-order chi connectivity index (χ1) is 26.5. The molecule has 55 heavy (non-hydrogen) atoms. The number of halogens is 3. The number of anilines is 1. The number of pyridine rings is 1. The molecule has 1 amide bonds. The first-order valence-electron chi connectivity index (χ1n) is 16.3. The van der Waals surface area contributed by atoms with Gasteiger partial charge in [0, 0.05) is 30.4 Å². The van der Waals surface area contributed by atoms with Crippen LogP contribution in [0.15, 0.2) is 90.2 Å². The highest BCUT2D eigenvalue weighted by atomic mass is 32.2. The number of benzene rings is 3. The van der Waals surface area contributed by atoms with Crippen LogP contribution in [-0.4, -0.2) is 75.6 Å². The van der Waals surface area contributed by atoms with Gasteiger partial charge in [-0.1, -0.05) is 18.2 Å². The molecule has 19 heteroatoms. The summed E-state index contributed by atoms with van der Waals surface area (Å²) in [5.74, 6) is 0.190. The second-order valence-corrected chi connectivity index (χ2v) is 13.7. The van der Waals surface area contributed by atoms with Crippen molar-refractivity contribution in [3.05, 3.63) is 102 Å². The highest BCUT2D eigenvalue weighted by molar-refractivity contribution is 7.93. The summed E-state index contributed by atoms with van der Waals surface area (Å²) in [7, 11) is -2.55. The number of nitrogens with zero attached hydrogens (tertiary/aromatic N) is 4. The van der Waals surface area contributed by atoms with E-state index in [2.05, 4.69) is 24.4 Å². The van der Waals surface area contributed by atoms with E-state index in [9.17, 15) is 31.6 Å². The van der Waals surface area contributed by atoms with E-state index in [1.54, 1.807) is 31.4 Å². The third-order valence-electron chi connectivity index (χ3n) is 7.49. The number of carbonyl (C=O) groups excluding carboxylic acids is 1. The number of rotatable bonds is 18. The van der Waals surface area contributed by atoms with E-state index in [0.717, 1.165) is 29.7 Å². The topological polar surface area (TPSA) is 184 Å². The van der Waals surface area contributed by atoms with E-state index in [4.69, 9.17) is 23.7 Å². The number of nitriles is 1. The van der Waals surface area contributed by atoms with Crippen LogP contribution < -0.4 is 14.8 Å². The Morgan fingerprint density at radius 2 is 1.62 bits per heavy atom. The SMILES string of the molecule is COCCOCCOCCOC(=O)NCc1cc(-c2cc(-c3cccc(C(F)(F)F)c3)ccc2Oc2ccc(S(=O)(=O)Nc3ncns3)cc2C#N)ccn1. The summed E-state index contributed by atoms with van der Waals surface area (Å²) in [5.41, 5.74) is 1.05. The van der Waals surface area contributed by atoms with Crippen molar-refractivity contribution < 1.29 is 50.1 Å². The highest BCUT2D eigenvalue weighted by Gasteiger charge is 2.30. The van der Waals surface area contributed by atoms with E-state index < -0.39 is 27.9 Å². The average Bonchev–Trinajstić information content (AvgIpc) is 3.69. The molecule has 5 aromatic rings. The largest absolute Gasteiger partial charge is 0.455 e. The highest BCUT2D eigenvalue weighted by Crippen LogP contribution is 2.39. The summed E-state index contributed by atoms with van der Waals surface area (Å²) in [6, 6.07) is 18.5. The standard InChI is InChI=1S/C36H33F3N6O8S2/c1-49-11-12-50-13-14-51-15-16-52-35(46)42-22-29-18-26(9-10-41-29)31-20-25(24-3-2-4-28(17-24)36(37,38)39)5-7-33(31)53-32-8-6-30(19-27(32)21-40)55(47,48)45-34-43-23-44-54-34/h2-10,17-20,23H,11-16,22H2,1H3,(H,42,46)(H,43,44,45). The number of alkyl carbamates (subject to hydrolysis) is 1. The van der Waals surface area contributed by atoms with E-state index in [-0.39, 0.29) is 52.4 Å². The van der Waals surface area contributed by atoms with Crippen LogP contribution in [0.5, 0.6) is 11.5 Å². The average molecular weight is 799 g/mol. The number of carbonyl (C=O) groups is 1. The number of hydrogen-bond donors (Lipinski definition) is 2. The zero-order valence-electron chi connectivity index (χ0n) is 29.0. The lowest BCUT2D eigenvalue weighted by molar-refractivity contribution is -0.137. The minimum absolute atomic E-state index is 0.00215. The van der Waals surface area contributed by atoms with Crippen molar-refractivity contribution in [1.82, 2.24) is 19.7 Å². The molecular formula is C36H33F3N6O8S2. The van der Waals surface area contributed by atoms with Crippen LogP contribution in [-0.2, 0) is 41.7 Å². The molecule has 0 unspecified atom stereocenters. The van der Waals surface area contributed by atoms with Gasteiger partial charge in [0.2, 0.25) is 5.13 Å². The zero-order chi connectivity index (χ0) is 39.3. The molecule has 5 rings (SSSR count). The molecule has 0 atom stereocenters. The maximum Gasteiger partial charge on any atom is 0.416 e. The number of aromatic nitrogens is 3. The van der Waals surface area contributed by atoms with Crippen LogP contribution in [0.2, 0.25) is 0 Å². The molecule has 0 aliphatic rings. The number of sulfonamides is 1. The third-order valence-corrected chi connectivity index (χ3v) is 9.54. The second kappa shape index (κ2) is 19.1. The number of ether oxygens (including phenoxy) is 5. The summed E-state index contributed by atoms with van der Waals surface area (Å²) in [6.07, 6.45) is -2.61. The Labute approximate surface area is 318 Å². The van der Waals surface area contributed by atoms with Gasteiger partial charge in [0.05, 0.1) is 61.3 Å². The van der Waals surface area contributed by atoms with Crippen LogP contribution in [0, 0.1) is 11.3 Å². The van der Waals surface area contributed by atoms with Crippen LogP contribution in [0.4, 0.5) is 23.1 Å². The Morgan fingerprint density at radius 1 is 0.873 bits per heavy atom. The maximum atomic E-state index is 13.6. The van der Waals surface area contributed by atoms with Crippen LogP contribution >= 0.6 is 11.5 Å². The van der Waals surface area contributed by atoms with Gasteiger partial charge < -0.3 is 29.0 Å². The fourth-order valence-corrected chi connectivity index (χ4v) is 6.56. The number of nitrogens with one attached hydrogen (secondary N) is 2. The lowest BCUT2D eigenvalue weighted by Gasteiger charge is -2.16. The van der Waals surface area contributed by atoms with Crippen LogP contribution in [0.25, 0.3) is 22.3 Å². The van der Waals surface area contributed by atoms with Gasteiger partial charge in [-0.3, -0.25) is 9.71 Å². The quantitative estimate of drug-likeness (QED) is 0.0901. The molecule has 14 nitrogen and oxygen atoms in total. The summed E-state index contributed by atoms with van der Waals surface area (Å²) in [4.78, 5) is 20.2. The minimum atomic E-state index is -4.57. The number of alkyl halides is 3. The first kappa shape index (κ1) is 40.5. The Kier molecular flexibility index (Phi) is 14.1. The number of amides is 1. The predicted molar refractivity (Wildman–Crippen MR) is 194 cm³/mol. The van der Waals surface area contributed by atoms with Gasteiger partial charge in [0.1, 0.15) is 30.5 Å². The monoisotopic (exact) mass is 798 g/mol. The molecule has 2 heterocycles. The van der Waals surface area contributed by atoms with Gasteiger partial charge in [-0.2, -0.15) is 22.8 Å². The Hall–Kier alpha value is -5.65. The van der Waals surface area contributed by atoms with Gasteiger partial charge in [-0.25, -0.2) is 18.2 Å². The molecule has 0 aliphatic heterocycles. The van der Waals surface area contributed by atoms with Crippen molar-refractivity contribution in [3.8, 4) is 39.8 Å². The maximum absolute atomic E-state index is 13.6. The molecule has 288 valence electrons. The van der Waals surface area contributed by atoms with Crippen molar-refractivity contribution in [1.29, 1.82) is 5.26 Å². The molecule has 0 spiro atoms. The van der Waals surface area contributed by atoms with Crippen molar-refractivity contribution in [2.45, 2.75) is 17.6 Å². The van der Waals surface area contributed by atoms with Gasteiger partial charge in [-0.05, 0) is 71.3 Å². The lowest BCUT2D eigenvalue weighted by atomic mass is 9.97. The number of methoxy groups -OCH3 is 1. The molecule has 2 aromatic heterocycles. The molecule has 0 saturated carbocycles. The molecule has 0 saturated heterocycles. The summed E-state index contributed by atoms with van der Waals surface area (Å²) < 4.78 is 99.6. The normalized spacial score (nSPS) is 11.5. The van der Waals surface area contributed by atoms with Crippen molar-refractivity contribution >= 4 is 32.8 Å². The van der Waals surface area contributed by atoms with E-state index in [0.29, 0.717) is 48.8 Å². The van der Waals surface area contributed by atoms with Crippen molar-refractivity contribution in [2.24, 2.45) is 0 Å². The fraction of sp³-hybridized carbons (Fsp3) is 0.250. The molecule has 0 aliphatic carbocycles. The fourth-order valence-electron chi connectivity index (χ4n) is 4.88. The summed E-state index contributed by atoms with van der Waals surface area (Å²) >= 11 is 0.834. The van der Waals surface area contributed by atoms with Gasteiger partial charge >= 0.3 is 12.3 Å². The second-order valence-electron chi connectivity index (χ2n) is 11.3. The van der Waals surface area contributed by atoms with E-state index >= 15 is 0 Å². The minimum Gasteiger partial charge on any atom is -0.455 e. The molecule has 0 bridgehead atoms. The molecule has 0 fully saturated rings. The van der Waals surface area contributed by atoms with Crippen LogP contribution in [0.3, 0.4) is 0 Å². The van der Waals surface area contributed by atoms with E-state index in [1.165, 1.54) is 42.9 Å².